The van der Waals surface area contributed by atoms with Crippen LogP contribution in [0.25, 0.3) is 66.9 Å². The lowest BCUT2D eigenvalue weighted by atomic mass is 9.70. The number of nitrogens with zero attached hydrogens (tertiary/aromatic N) is 13. The highest BCUT2D eigenvalue weighted by molar-refractivity contribution is 5.81. The number of furan rings is 1. The van der Waals surface area contributed by atoms with Crippen LogP contribution < -0.4 is 4.74 Å². The number of benzene rings is 7. The molecule has 0 fully saturated rings. The number of hydrogen-bond acceptors (Lipinski definition) is 20. The average Bonchev–Trinajstić information content (AvgIpc) is 1.25. The van der Waals surface area contributed by atoms with Crippen LogP contribution in [0.3, 0.4) is 0 Å². The fourth-order valence-corrected chi connectivity index (χ4v) is 21.6. The normalized spacial score (nSPS) is 24.0. The van der Waals surface area contributed by atoms with Crippen molar-refractivity contribution < 1.29 is 37.6 Å². The van der Waals surface area contributed by atoms with Crippen molar-refractivity contribution in [2.24, 2.45) is 37.0 Å². The molecule has 6 aliphatic carbocycles. The molecule has 7 aromatic carbocycles. The van der Waals surface area contributed by atoms with Crippen molar-refractivity contribution in [2.45, 2.75) is 197 Å². The summed E-state index contributed by atoms with van der Waals surface area (Å²) in [5, 5.41) is 4.30. The van der Waals surface area contributed by atoms with Crippen LogP contribution in [0.15, 0.2) is 261 Å². The van der Waals surface area contributed by atoms with Gasteiger partial charge in [0.25, 0.3) is 0 Å². The number of aromatic nitrogens is 7. The minimum absolute atomic E-state index is 0.00530. The van der Waals surface area contributed by atoms with Crippen LogP contribution in [-0.4, -0.2) is 150 Å². The Morgan fingerprint density at radius 1 is 0.344 bits per heavy atom. The number of methoxy groups -OCH3 is 1. The van der Waals surface area contributed by atoms with Crippen LogP contribution in [0.5, 0.6) is 5.75 Å². The van der Waals surface area contributed by atoms with Crippen LogP contribution in [0.4, 0.5) is 0 Å². The molecule has 6 spiro atoms. The van der Waals surface area contributed by atoms with Crippen LogP contribution in [0.1, 0.15) is 160 Å². The molecule has 12 aliphatic rings. The Balaban J connectivity index is 0.0000001000. The number of pyridine rings is 1. The number of rotatable bonds is 7. The molecule has 0 saturated heterocycles. The molecule has 128 heavy (non-hydrogen) atoms. The Morgan fingerprint density at radius 2 is 0.805 bits per heavy atom. The second-order valence-electron chi connectivity index (χ2n) is 36.5. The summed E-state index contributed by atoms with van der Waals surface area (Å²) in [6.45, 7) is 18.3. The third-order valence-electron chi connectivity index (χ3n) is 28.1. The maximum absolute atomic E-state index is 5.68. The van der Waals surface area contributed by atoms with E-state index in [0.717, 1.165) is 188 Å². The van der Waals surface area contributed by atoms with Gasteiger partial charge in [0.2, 0.25) is 0 Å². The first-order valence-electron chi connectivity index (χ1n) is 45.2. The molecule has 0 amide bonds. The van der Waals surface area contributed by atoms with E-state index in [9.17, 15) is 0 Å². The molecule has 0 saturated carbocycles. The largest absolute Gasteiger partial charge is 0.496 e. The van der Waals surface area contributed by atoms with Gasteiger partial charge in [-0.05, 0) is 201 Å². The van der Waals surface area contributed by atoms with Crippen molar-refractivity contribution in [3.05, 3.63) is 293 Å². The maximum Gasteiger partial charge on any atom is 0.180 e. The highest BCUT2D eigenvalue weighted by atomic mass is 16.5. The van der Waals surface area contributed by atoms with E-state index in [1.54, 1.807) is 26.0 Å². The van der Waals surface area contributed by atoms with E-state index in [0.29, 0.717) is 19.1 Å². The number of aliphatic imine (C=N–C) groups is 6. The van der Waals surface area contributed by atoms with Gasteiger partial charge in [0.1, 0.15) is 91.3 Å². The minimum atomic E-state index is -0.131. The molecule has 7 atom stereocenters. The first-order chi connectivity index (χ1) is 62.3. The Kier molecular flexibility index (Phi) is 23.5. The highest BCUT2D eigenvalue weighted by Gasteiger charge is 2.48. The van der Waals surface area contributed by atoms with Crippen molar-refractivity contribution in [2.75, 3.05) is 46.8 Å². The topological polar surface area (TPSA) is 234 Å². The Hall–Kier alpha value is -13.0. The number of aryl methyl sites for hydroxylation is 2. The molecule has 11 heterocycles. The Morgan fingerprint density at radius 3 is 1.30 bits per heavy atom. The van der Waals surface area contributed by atoms with Gasteiger partial charge in [0.05, 0.1) is 25.3 Å². The smallest absolute Gasteiger partial charge is 0.180 e. The lowest BCUT2D eigenvalue weighted by Crippen LogP contribution is -2.39. The Bertz CT molecular complexity index is 6290. The molecule has 0 bridgehead atoms. The zero-order valence-corrected chi connectivity index (χ0v) is 74.8. The van der Waals surface area contributed by atoms with Crippen molar-refractivity contribution in [1.82, 2.24) is 34.7 Å². The van der Waals surface area contributed by atoms with E-state index >= 15 is 0 Å². The number of fused-ring (bicyclic) bond motifs is 6. The molecular weight excluding hydrogens is 1600 g/mol. The van der Waals surface area contributed by atoms with E-state index in [-0.39, 0.29) is 33.2 Å². The van der Waals surface area contributed by atoms with Gasteiger partial charge in [0, 0.05) is 158 Å². The fraction of sp³-hybridized carbons (Fsp3) is 0.364. The molecule has 652 valence electrons. The van der Waals surface area contributed by atoms with Crippen molar-refractivity contribution in [3.8, 4) is 72.6 Å². The third-order valence-corrected chi connectivity index (χ3v) is 28.1. The molecular formula is C107H111N13O8. The summed E-state index contributed by atoms with van der Waals surface area (Å²) in [6, 6.07) is 56.1. The predicted molar refractivity (Wildman–Crippen MR) is 503 cm³/mol. The molecule has 24 rings (SSSR count). The van der Waals surface area contributed by atoms with Crippen LogP contribution >= 0.6 is 0 Å². The second-order valence-corrected chi connectivity index (χ2v) is 36.5. The predicted octanol–water partition coefficient (Wildman–Crippen LogP) is 20.0. The summed E-state index contributed by atoms with van der Waals surface area (Å²) in [6.07, 6.45) is 37.1. The van der Waals surface area contributed by atoms with Crippen molar-refractivity contribution in [1.29, 1.82) is 0 Å². The summed E-state index contributed by atoms with van der Waals surface area (Å²) in [4.78, 5) is 49.5. The third kappa shape index (κ3) is 17.4. The van der Waals surface area contributed by atoms with E-state index in [1.807, 2.05) is 121 Å². The molecule has 21 heteroatoms. The number of ether oxygens (including phenoxy) is 7. The van der Waals surface area contributed by atoms with E-state index in [4.69, 9.17) is 67.5 Å². The van der Waals surface area contributed by atoms with Gasteiger partial charge in [-0.1, -0.05) is 140 Å². The lowest BCUT2D eigenvalue weighted by molar-refractivity contribution is 0.212. The lowest BCUT2D eigenvalue weighted by Gasteiger charge is -2.37. The van der Waals surface area contributed by atoms with E-state index < -0.39 is 0 Å². The summed E-state index contributed by atoms with van der Waals surface area (Å²) in [5.74, 6) is 6.28. The quantitative estimate of drug-likeness (QED) is 0.144. The monoisotopic (exact) mass is 1710 g/mol. The Labute approximate surface area is 749 Å². The minimum Gasteiger partial charge on any atom is -0.496 e. The molecule has 4 unspecified atom stereocenters. The molecule has 6 aliphatic heterocycles. The molecule has 0 radical (unpaired) electrons. The standard InChI is InChI=1S/C19H19NO.C18H19N3O2.C18H19N3O.C18H18N2O.C17H19N3O.C17H17NO2/c1-14-20-19(13-21-14)10-9-17-11-16(7-8-18(17)12-19)15-5-3-2-4-6-15;1-12-21-18(10-23-12)6-5-15-16(7-18)14(3-4-17(15)22-2)13-8-19-11-20-9-13;1-12-15-4-3-5-16(14-8-19-11-20-9-14)17(15)6-7-18(12)10-22-13(2)21-18;1-13-20-18(12-21-13)8-7-17-14(10-18)4-2-6-16(17)15-5-3-9-19-11-15;1-12-19-17(11-21-12)8-6-14-13(10-17)4-3-5-15(14)16-7-9-18-20(16)2;1-12-18-17(11-20-12)7-5-16-13(9-17)3-2-4-15(16)14-6-8-19-10-14/h2-8,11H,9-10,12-13H2,1H3;3-4,8-9,11H,5-7,10H2,1-2H3;3-5,8-9,11-12H,6-7,10H2,1-2H3;2-6,9,11H,7-8,10,12H2,1H3;3-5,7,9H,6,8,10-11H2,1-2H3;2-4,6,8,10H,5,7,9,11H2,1H3/t;;;18-;2*17-/m...111/s1. The summed E-state index contributed by atoms with van der Waals surface area (Å²) >= 11 is 0. The van der Waals surface area contributed by atoms with Gasteiger partial charge in [0.15, 0.2) is 35.4 Å². The number of hydrogen-bond donors (Lipinski definition) is 0. The van der Waals surface area contributed by atoms with Gasteiger partial charge >= 0.3 is 0 Å². The van der Waals surface area contributed by atoms with Gasteiger partial charge in [-0.25, -0.2) is 49.9 Å². The average molecular weight is 1710 g/mol. The van der Waals surface area contributed by atoms with Gasteiger partial charge in [-0.15, -0.1) is 0 Å². The van der Waals surface area contributed by atoms with E-state index in [2.05, 4.69) is 176 Å². The molecule has 21 nitrogen and oxygen atoms in total. The first kappa shape index (κ1) is 84.5. The molecule has 0 N–H and O–H groups in total. The van der Waals surface area contributed by atoms with Gasteiger partial charge in [-0.2, -0.15) is 5.10 Å². The first-order valence-corrected chi connectivity index (χ1v) is 45.2. The second kappa shape index (κ2) is 35.7. The maximum atomic E-state index is 5.68. The highest BCUT2D eigenvalue weighted by Crippen LogP contribution is 2.49. The van der Waals surface area contributed by atoms with Gasteiger partial charge < -0.3 is 37.6 Å². The zero-order valence-electron chi connectivity index (χ0n) is 74.8. The van der Waals surface area contributed by atoms with E-state index in [1.165, 1.54) is 123 Å². The summed E-state index contributed by atoms with van der Waals surface area (Å²) < 4.78 is 46.5. The molecule has 5 aromatic heterocycles. The van der Waals surface area contributed by atoms with Gasteiger partial charge in [-0.3, -0.25) is 9.67 Å². The summed E-state index contributed by atoms with van der Waals surface area (Å²) in [7, 11) is 3.73. The van der Waals surface area contributed by atoms with Crippen LogP contribution in [-0.2, 0) is 106 Å². The SMILES string of the molecule is CC1=NC2(CCc3c(-c4cncnc4)cccc3C2C)CO1.CC1=NC2(CCc3cc(-c4ccccc4)ccc3C2)CO1.CC1=N[C@@]2(CCc3c(cccc3-c3cccnc3)C2)CO1.CC1=N[C@@]2(CCc3c(cccc3-c3ccnn3C)C2)CO1.CC1=N[C@@]2(CCc3c(cccc3-c3ccoc3)C2)CO1.COc1ccc(-c2cncnc2)c2c1CCC1(COC(C)=N1)C2. The van der Waals surface area contributed by atoms with Crippen LogP contribution in [0.2, 0.25) is 0 Å². The van der Waals surface area contributed by atoms with Crippen molar-refractivity contribution in [3.63, 3.8) is 0 Å². The van der Waals surface area contributed by atoms with Crippen LogP contribution in [0, 0.1) is 0 Å². The fourth-order valence-electron chi connectivity index (χ4n) is 21.6. The zero-order chi connectivity index (χ0) is 87.6. The van der Waals surface area contributed by atoms with Crippen molar-refractivity contribution >= 4 is 35.4 Å². The summed E-state index contributed by atoms with van der Waals surface area (Å²) in [5.41, 5.74) is 31.2. The molecule has 12 aromatic rings.